The Morgan fingerprint density at radius 1 is 1.12 bits per heavy atom. The van der Waals surface area contributed by atoms with Crippen molar-refractivity contribution < 1.29 is 27.5 Å². The molecule has 1 aliphatic heterocycles. The number of anilines is 1. The smallest absolute Gasteiger partial charge is 0.338 e. The molecule has 2 aromatic carbocycles. The SMILES string of the molecule is CC1CN(S(=O)(=O)c2cccc(C(=O)OC(C)C(=O)Nc3cccc(Cl)c3)c2)CC(C)O1. The number of rotatable bonds is 6. The molecule has 0 spiro atoms. The van der Waals surface area contributed by atoms with Gasteiger partial charge in [0, 0.05) is 23.8 Å². The Kier molecular flexibility index (Phi) is 7.55. The van der Waals surface area contributed by atoms with E-state index in [4.69, 9.17) is 21.1 Å². The summed E-state index contributed by atoms with van der Waals surface area (Å²) in [6.45, 7) is 5.49. The zero-order chi connectivity index (χ0) is 23.5. The Morgan fingerprint density at radius 2 is 1.78 bits per heavy atom. The number of hydrogen-bond acceptors (Lipinski definition) is 6. The molecule has 1 amide bonds. The highest BCUT2D eigenvalue weighted by Gasteiger charge is 2.32. The Labute approximate surface area is 192 Å². The molecule has 8 nitrogen and oxygen atoms in total. The van der Waals surface area contributed by atoms with Crippen LogP contribution >= 0.6 is 11.6 Å². The maximum absolute atomic E-state index is 13.1. The highest BCUT2D eigenvalue weighted by atomic mass is 35.5. The lowest BCUT2D eigenvalue weighted by molar-refractivity contribution is -0.123. The summed E-state index contributed by atoms with van der Waals surface area (Å²) in [5.74, 6) is -1.35. The van der Waals surface area contributed by atoms with Crippen LogP contribution in [0.1, 0.15) is 31.1 Å². The van der Waals surface area contributed by atoms with Gasteiger partial charge in [0.1, 0.15) is 0 Å². The van der Waals surface area contributed by atoms with Crippen molar-refractivity contribution in [3.05, 3.63) is 59.1 Å². The second-order valence-corrected chi connectivity index (χ2v) is 10.0. The maximum Gasteiger partial charge on any atom is 0.338 e. The van der Waals surface area contributed by atoms with Gasteiger partial charge in [-0.15, -0.1) is 0 Å². The van der Waals surface area contributed by atoms with E-state index >= 15 is 0 Å². The monoisotopic (exact) mass is 480 g/mol. The number of nitrogens with one attached hydrogen (secondary N) is 1. The van der Waals surface area contributed by atoms with E-state index in [9.17, 15) is 18.0 Å². The molecular formula is C22H25ClN2O6S. The summed E-state index contributed by atoms with van der Waals surface area (Å²) in [6.07, 6.45) is -1.58. The highest BCUT2D eigenvalue weighted by molar-refractivity contribution is 7.89. The zero-order valence-corrected chi connectivity index (χ0v) is 19.5. The number of carbonyl (C=O) groups is 2. The van der Waals surface area contributed by atoms with Crippen molar-refractivity contribution in [2.75, 3.05) is 18.4 Å². The third kappa shape index (κ3) is 5.86. The van der Waals surface area contributed by atoms with Gasteiger partial charge >= 0.3 is 5.97 Å². The molecule has 0 aromatic heterocycles. The number of sulfonamides is 1. The van der Waals surface area contributed by atoms with Crippen molar-refractivity contribution in [1.82, 2.24) is 4.31 Å². The van der Waals surface area contributed by atoms with Gasteiger partial charge in [0.2, 0.25) is 10.0 Å². The van der Waals surface area contributed by atoms with Crippen LogP contribution in [0.2, 0.25) is 5.02 Å². The van der Waals surface area contributed by atoms with Crippen LogP contribution in [0.25, 0.3) is 0 Å². The Balaban J connectivity index is 1.70. The molecule has 172 valence electrons. The molecule has 1 aliphatic rings. The summed E-state index contributed by atoms with van der Waals surface area (Å²) in [6, 6.07) is 12.1. The first-order chi connectivity index (χ1) is 15.1. The minimum absolute atomic E-state index is 0.0238. The van der Waals surface area contributed by atoms with Gasteiger partial charge in [-0.3, -0.25) is 4.79 Å². The summed E-state index contributed by atoms with van der Waals surface area (Å²) < 4.78 is 38.3. The molecule has 3 unspecified atom stereocenters. The molecule has 0 saturated carbocycles. The average molecular weight is 481 g/mol. The zero-order valence-electron chi connectivity index (χ0n) is 17.9. The molecule has 1 heterocycles. The number of hydrogen-bond donors (Lipinski definition) is 1. The van der Waals surface area contributed by atoms with Gasteiger partial charge in [0.15, 0.2) is 6.10 Å². The van der Waals surface area contributed by atoms with Crippen LogP contribution in [-0.2, 0) is 24.3 Å². The summed E-state index contributed by atoms with van der Waals surface area (Å²) in [5, 5.41) is 3.06. The fourth-order valence-electron chi connectivity index (χ4n) is 3.35. The van der Waals surface area contributed by atoms with Crippen LogP contribution in [0.15, 0.2) is 53.4 Å². The Bertz CT molecular complexity index is 1100. The molecule has 1 N–H and O–H groups in total. The van der Waals surface area contributed by atoms with E-state index in [1.54, 1.807) is 24.3 Å². The van der Waals surface area contributed by atoms with Crippen LogP contribution in [-0.4, -0.2) is 56.0 Å². The van der Waals surface area contributed by atoms with Crippen molar-refractivity contribution in [2.24, 2.45) is 0 Å². The lowest BCUT2D eigenvalue weighted by atomic mass is 10.2. The molecule has 0 aliphatic carbocycles. The molecule has 3 atom stereocenters. The van der Waals surface area contributed by atoms with Gasteiger partial charge in [-0.05, 0) is 57.2 Å². The van der Waals surface area contributed by atoms with E-state index in [0.717, 1.165) is 0 Å². The number of morpholine rings is 1. The summed E-state index contributed by atoms with van der Waals surface area (Å²) in [4.78, 5) is 24.9. The third-order valence-corrected chi connectivity index (χ3v) is 6.90. The first kappa shape index (κ1) is 24.2. The molecule has 2 aromatic rings. The van der Waals surface area contributed by atoms with Crippen LogP contribution in [0.3, 0.4) is 0 Å². The van der Waals surface area contributed by atoms with Crippen LogP contribution in [0.5, 0.6) is 0 Å². The van der Waals surface area contributed by atoms with Gasteiger partial charge in [-0.25, -0.2) is 13.2 Å². The molecule has 0 radical (unpaired) electrons. The fourth-order valence-corrected chi connectivity index (χ4v) is 5.18. The summed E-state index contributed by atoms with van der Waals surface area (Å²) >= 11 is 5.90. The first-order valence-corrected chi connectivity index (χ1v) is 11.9. The number of benzene rings is 2. The molecule has 3 rings (SSSR count). The van der Waals surface area contributed by atoms with Gasteiger partial charge in [0.25, 0.3) is 5.91 Å². The molecule has 10 heteroatoms. The Morgan fingerprint density at radius 3 is 2.44 bits per heavy atom. The van der Waals surface area contributed by atoms with Crippen molar-refractivity contribution in [3.63, 3.8) is 0 Å². The predicted molar refractivity (Wildman–Crippen MR) is 120 cm³/mol. The topological polar surface area (TPSA) is 102 Å². The van der Waals surface area contributed by atoms with Gasteiger partial charge in [0.05, 0.1) is 22.7 Å². The largest absolute Gasteiger partial charge is 0.449 e. The molecule has 32 heavy (non-hydrogen) atoms. The standard InChI is InChI=1S/C22H25ClN2O6S/c1-14-12-25(13-15(2)30-14)32(28,29)20-9-4-6-17(10-20)22(27)31-16(3)21(26)24-19-8-5-7-18(23)11-19/h4-11,14-16H,12-13H2,1-3H3,(H,24,26). The van der Waals surface area contributed by atoms with Crippen LogP contribution in [0.4, 0.5) is 5.69 Å². The van der Waals surface area contributed by atoms with Crippen molar-refractivity contribution in [2.45, 2.75) is 44.0 Å². The molecule has 0 bridgehead atoms. The Hall–Kier alpha value is -2.46. The number of esters is 1. The second-order valence-electron chi connectivity index (χ2n) is 7.65. The van der Waals surface area contributed by atoms with Crippen molar-refractivity contribution in [3.8, 4) is 0 Å². The van der Waals surface area contributed by atoms with Crippen molar-refractivity contribution in [1.29, 1.82) is 0 Å². The van der Waals surface area contributed by atoms with Gasteiger partial charge in [-0.1, -0.05) is 23.7 Å². The minimum atomic E-state index is -3.82. The van der Waals surface area contributed by atoms with E-state index in [2.05, 4.69) is 5.32 Å². The second kappa shape index (κ2) is 9.99. The minimum Gasteiger partial charge on any atom is -0.449 e. The van der Waals surface area contributed by atoms with Crippen molar-refractivity contribution >= 4 is 39.2 Å². The lowest BCUT2D eigenvalue weighted by Crippen LogP contribution is -2.48. The molecule has 1 saturated heterocycles. The fraction of sp³-hybridized carbons (Fsp3) is 0.364. The van der Waals surface area contributed by atoms with Crippen LogP contribution in [0, 0.1) is 0 Å². The van der Waals surface area contributed by atoms with Gasteiger partial charge in [-0.2, -0.15) is 4.31 Å². The number of carbonyl (C=O) groups excluding carboxylic acids is 2. The predicted octanol–water partition coefficient (Wildman–Crippen LogP) is 3.32. The maximum atomic E-state index is 13.1. The van der Waals surface area contributed by atoms with E-state index < -0.39 is 28.0 Å². The van der Waals surface area contributed by atoms with E-state index in [-0.39, 0.29) is 35.8 Å². The quantitative estimate of drug-likeness (QED) is 0.636. The molecule has 1 fully saturated rings. The van der Waals surface area contributed by atoms with Crippen LogP contribution < -0.4 is 5.32 Å². The summed E-state index contributed by atoms with van der Waals surface area (Å²) in [7, 11) is -3.82. The normalized spacial score (nSPS) is 20.4. The van der Waals surface area contributed by atoms with E-state index in [1.165, 1.54) is 35.5 Å². The highest BCUT2D eigenvalue weighted by Crippen LogP contribution is 2.22. The first-order valence-electron chi connectivity index (χ1n) is 10.1. The number of nitrogens with zero attached hydrogens (tertiary/aromatic N) is 1. The van der Waals surface area contributed by atoms with E-state index in [0.29, 0.717) is 10.7 Å². The number of halogens is 1. The van der Waals surface area contributed by atoms with E-state index in [1.807, 2.05) is 13.8 Å². The number of ether oxygens (including phenoxy) is 2. The van der Waals surface area contributed by atoms with Gasteiger partial charge < -0.3 is 14.8 Å². The third-order valence-electron chi connectivity index (χ3n) is 4.84. The summed E-state index contributed by atoms with van der Waals surface area (Å²) in [5.41, 5.74) is 0.496. The average Bonchev–Trinajstić information content (AvgIpc) is 2.73. The number of amides is 1. The lowest BCUT2D eigenvalue weighted by Gasteiger charge is -2.34. The molecular weight excluding hydrogens is 456 g/mol.